The average Bonchev–Trinajstić information content (AvgIpc) is 2.35. The van der Waals surface area contributed by atoms with Crippen LogP contribution in [-0.4, -0.2) is 20.2 Å². The molecule has 7 nitrogen and oxygen atoms in total. The van der Waals surface area contributed by atoms with Crippen LogP contribution in [0.3, 0.4) is 0 Å². The molecular weight excluding hydrogens is 250 g/mol. The maximum Gasteiger partial charge on any atom is 0.328 e. The summed E-state index contributed by atoms with van der Waals surface area (Å²) in [7, 11) is 0. The normalized spacial score (nSPS) is 11.7. The molecule has 2 rings (SSSR count). The van der Waals surface area contributed by atoms with E-state index in [0.29, 0.717) is 5.56 Å². The molecule has 2 aromatic rings. The topological polar surface area (TPSA) is 130 Å². The third-order valence-corrected chi connectivity index (χ3v) is 2.60. The number of hydrogen-bond acceptors (Lipinski definition) is 5. The summed E-state index contributed by atoms with van der Waals surface area (Å²) in [5.41, 5.74) is -1.52. The van der Waals surface area contributed by atoms with Gasteiger partial charge in [0.2, 0.25) is 5.88 Å². The van der Waals surface area contributed by atoms with Crippen molar-refractivity contribution in [3.63, 3.8) is 0 Å². The third-order valence-electron chi connectivity index (χ3n) is 2.60. The molecule has 1 atom stereocenters. The van der Waals surface area contributed by atoms with Gasteiger partial charge in [-0.2, -0.15) is 5.26 Å². The van der Waals surface area contributed by atoms with Crippen molar-refractivity contribution in [1.82, 2.24) is 9.97 Å². The Bertz CT molecular complexity index is 752. The number of aromatic hydroxyl groups is 2. The summed E-state index contributed by atoms with van der Waals surface area (Å²) >= 11 is 0. The van der Waals surface area contributed by atoms with Crippen LogP contribution in [0.2, 0.25) is 0 Å². The number of aromatic nitrogens is 2. The zero-order chi connectivity index (χ0) is 14.0. The molecule has 0 aliphatic heterocycles. The molecule has 1 unspecified atom stereocenters. The van der Waals surface area contributed by atoms with Crippen molar-refractivity contribution >= 4 is 0 Å². The molecule has 1 aromatic heterocycles. The quantitative estimate of drug-likeness (QED) is 0.609. The van der Waals surface area contributed by atoms with Gasteiger partial charge in [0.25, 0.3) is 5.56 Å². The Morgan fingerprint density at radius 1 is 1.11 bits per heavy atom. The molecule has 1 heterocycles. The molecule has 19 heavy (non-hydrogen) atoms. The van der Waals surface area contributed by atoms with Crippen LogP contribution in [0.25, 0.3) is 0 Å². The molecule has 0 fully saturated rings. The minimum Gasteiger partial charge on any atom is -0.508 e. The molecule has 4 N–H and O–H groups in total. The van der Waals surface area contributed by atoms with E-state index in [-0.39, 0.29) is 11.3 Å². The summed E-state index contributed by atoms with van der Waals surface area (Å²) in [6.07, 6.45) is 0. The first kappa shape index (κ1) is 12.4. The molecule has 1 aromatic carbocycles. The maximum atomic E-state index is 11.7. The fraction of sp³-hybridized carbons (Fsp3) is 0.0833. The van der Waals surface area contributed by atoms with Crippen molar-refractivity contribution in [2.45, 2.75) is 5.92 Å². The standard InChI is InChI=1S/C12H9N3O4/c13-5-8(6-1-3-7(16)4-2-6)9-10(17)14-12(19)15-11(9)18/h1-4,8,16H,(H3,14,15,17,18,19). The first-order valence-electron chi connectivity index (χ1n) is 5.27. The predicted molar refractivity (Wildman–Crippen MR) is 64.9 cm³/mol. The first-order chi connectivity index (χ1) is 9.02. The fourth-order valence-corrected chi connectivity index (χ4v) is 1.72. The summed E-state index contributed by atoms with van der Waals surface area (Å²) in [5, 5.41) is 27.9. The zero-order valence-electron chi connectivity index (χ0n) is 9.54. The highest BCUT2D eigenvalue weighted by molar-refractivity contribution is 5.42. The first-order valence-corrected chi connectivity index (χ1v) is 5.27. The van der Waals surface area contributed by atoms with Crippen molar-refractivity contribution in [2.24, 2.45) is 0 Å². The molecule has 96 valence electrons. The second kappa shape index (κ2) is 4.70. The van der Waals surface area contributed by atoms with Gasteiger partial charge < -0.3 is 10.2 Å². The number of nitrogens with zero attached hydrogens (tertiary/aromatic N) is 1. The van der Waals surface area contributed by atoms with E-state index in [1.165, 1.54) is 24.3 Å². The van der Waals surface area contributed by atoms with E-state index in [4.69, 9.17) is 5.26 Å². The number of H-pyrrole nitrogens is 2. The van der Waals surface area contributed by atoms with Gasteiger partial charge in [-0.15, -0.1) is 0 Å². The molecule has 7 heteroatoms. The van der Waals surface area contributed by atoms with Crippen molar-refractivity contribution < 1.29 is 10.2 Å². The van der Waals surface area contributed by atoms with Crippen LogP contribution in [0.1, 0.15) is 17.0 Å². The van der Waals surface area contributed by atoms with Crippen LogP contribution in [0.4, 0.5) is 0 Å². The van der Waals surface area contributed by atoms with Crippen molar-refractivity contribution in [2.75, 3.05) is 0 Å². The molecule has 0 aliphatic rings. The SMILES string of the molecule is N#CC(c1ccc(O)cc1)c1c(O)[nH]c(=O)[nH]c1=O. The Morgan fingerprint density at radius 2 is 1.74 bits per heavy atom. The van der Waals surface area contributed by atoms with E-state index in [0.717, 1.165) is 0 Å². The molecule has 0 saturated heterocycles. The number of phenols is 1. The lowest BCUT2D eigenvalue weighted by molar-refractivity contribution is 0.440. The van der Waals surface area contributed by atoms with Crippen LogP contribution in [0.15, 0.2) is 33.9 Å². The van der Waals surface area contributed by atoms with Crippen LogP contribution < -0.4 is 11.2 Å². The van der Waals surface area contributed by atoms with Gasteiger partial charge in [-0.25, -0.2) is 4.79 Å². The van der Waals surface area contributed by atoms with Crippen LogP contribution in [-0.2, 0) is 0 Å². The van der Waals surface area contributed by atoms with Crippen LogP contribution >= 0.6 is 0 Å². The molecule has 0 saturated carbocycles. The highest BCUT2D eigenvalue weighted by atomic mass is 16.3. The third kappa shape index (κ3) is 2.32. The zero-order valence-corrected chi connectivity index (χ0v) is 9.54. The summed E-state index contributed by atoms with van der Waals surface area (Å²) < 4.78 is 0. The van der Waals surface area contributed by atoms with Crippen molar-refractivity contribution in [1.29, 1.82) is 5.26 Å². The van der Waals surface area contributed by atoms with E-state index in [1.54, 1.807) is 0 Å². The Balaban J connectivity index is 2.62. The smallest absolute Gasteiger partial charge is 0.328 e. The Labute approximate surface area is 106 Å². The van der Waals surface area contributed by atoms with Crippen LogP contribution in [0.5, 0.6) is 11.6 Å². The lowest BCUT2D eigenvalue weighted by Crippen LogP contribution is -2.26. The minimum atomic E-state index is -1.05. The summed E-state index contributed by atoms with van der Waals surface area (Å²) in [5.74, 6) is -1.69. The Kier molecular flexibility index (Phi) is 3.08. The fourth-order valence-electron chi connectivity index (χ4n) is 1.72. The van der Waals surface area contributed by atoms with Gasteiger partial charge in [0.05, 0.1) is 11.6 Å². The molecule has 0 aliphatic carbocycles. The van der Waals surface area contributed by atoms with E-state index in [2.05, 4.69) is 0 Å². The van der Waals surface area contributed by atoms with E-state index >= 15 is 0 Å². The summed E-state index contributed by atoms with van der Waals surface area (Å²) in [6.45, 7) is 0. The van der Waals surface area contributed by atoms with Crippen molar-refractivity contribution in [3.8, 4) is 17.7 Å². The molecule has 0 spiro atoms. The second-order valence-corrected chi connectivity index (χ2v) is 3.82. The van der Waals surface area contributed by atoms with E-state index in [9.17, 15) is 19.8 Å². The number of benzene rings is 1. The van der Waals surface area contributed by atoms with Gasteiger partial charge in [-0.3, -0.25) is 14.8 Å². The van der Waals surface area contributed by atoms with Gasteiger partial charge in [0.15, 0.2) is 0 Å². The van der Waals surface area contributed by atoms with Gasteiger partial charge in [0, 0.05) is 0 Å². The average molecular weight is 259 g/mol. The number of aromatic amines is 2. The van der Waals surface area contributed by atoms with E-state index < -0.39 is 23.0 Å². The second-order valence-electron chi connectivity index (χ2n) is 3.82. The molecular formula is C12H9N3O4. The number of phenolic OH excluding ortho intramolecular Hbond substituents is 1. The lowest BCUT2D eigenvalue weighted by Gasteiger charge is -2.09. The van der Waals surface area contributed by atoms with Gasteiger partial charge in [0.1, 0.15) is 11.7 Å². The molecule has 0 bridgehead atoms. The minimum absolute atomic E-state index is 0.0139. The number of rotatable bonds is 2. The largest absolute Gasteiger partial charge is 0.508 e. The Hall–Kier alpha value is -3.01. The Morgan fingerprint density at radius 3 is 2.26 bits per heavy atom. The summed E-state index contributed by atoms with van der Waals surface area (Å²) in [4.78, 5) is 26.6. The summed E-state index contributed by atoms with van der Waals surface area (Å²) in [6, 6.07) is 7.49. The number of nitrogens with one attached hydrogen (secondary N) is 2. The monoisotopic (exact) mass is 259 g/mol. The van der Waals surface area contributed by atoms with Gasteiger partial charge in [-0.1, -0.05) is 12.1 Å². The maximum absolute atomic E-state index is 11.7. The number of hydrogen-bond donors (Lipinski definition) is 4. The van der Waals surface area contributed by atoms with Crippen LogP contribution in [0, 0.1) is 11.3 Å². The number of nitriles is 1. The van der Waals surface area contributed by atoms with E-state index in [1.807, 2.05) is 16.0 Å². The van der Waals surface area contributed by atoms with Gasteiger partial charge in [-0.05, 0) is 17.7 Å². The highest BCUT2D eigenvalue weighted by Gasteiger charge is 2.22. The molecule has 0 amide bonds. The lowest BCUT2D eigenvalue weighted by atomic mass is 9.94. The highest BCUT2D eigenvalue weighted by Crippen LogP contribution is 2.26. The van der Waals surface area contributed by atoms with Crippen molar-refractivity contribution in [3.05, 3.63) is 56.2 Å². The molecule has 0 radical (unpaired) electrons. The van der Waals surface area contributed by atoms with Gasteiger partial charge >= 0.3 is 5.69 Å². The predicted octanol–water partition coefficient (Wildman–Crippen LogP) is 0.130.